The lowest BCUT2D eigenvalue weighted by molar-refractivity contribution is -0.896. The van der Waals surface area contributed by atoms with Crippen molar-refractivity contribution in [3.8, 4) is 0 Å². The maximum Gasteiger partial charge on any atom is 0.343 e. The molecule has 1 fully saturated rings. The van der Waals surface area contributed by atoms with E-state index >= 15 is 0 Å². The Balaban J connectivity index is 2.11. The SMILES string of the molecule is CC[NH+](CC)CCOC(=O)[C@](O)(c1ccccc1)C1CCCCC1. The van der Waals surface area contributed by atoms with Gasteiger partial charge in [-0.05, 0) is 32.3 Å². The van der Waals surface area contributed by atoms with Crippen LogP contribution in [0.4, 0.5) is 0 Å². The Kier molecular flexibility index (Phi) is 7.25. The number of esters is 1. The average Bonchev–Trinajstić information content (AvgIpc) is 2.65. The molecule has 4 nitrogen and oxygen atoms in total. The molecule has 24 heavy (non-hydrogen) atoms. The molecule has 1 atom stereocenters. The average molecular weight is 334 g/mol. The first-order chi connectivity index (χ1) is 11.6. The lowest BCUT2D eigenvalue weighted by atomic mass is 9.73. The molecule has 2 N–H and O–H groups in total. The zero-order valence-corrected chi connectivity index (χ0v) is 15.1. The van der Waals surface area contributed by atoms with Gasteiger partial charge in [0.1, 0.15) is 13.2 Å². The smallest absolute Gasteiger partial charge is 0.343 e. The fourth-order valence-electron chi connectivity index (χ4n) is 3.73. The van der Waals surface area contributed by atoms with E-state index in [1.807, 2.05) is 30.3 Å². The predicted molar refractivity (Wildman–Crippen MR) is 94.8 cm³/mol. The third kappa shape index (κ3) is 4.37. The first-order valence-electron chi connectivity index (χ1n) is 9.41. The molecule has 0 heterocycles. The van der Waals surface area contributed by atoms with E-state index in [0.717, 1.165) is 45.3 Å². The Bertz CT molecular complexity index is 495. The van der Waals surface area contributed by atoms with Gasteiger partial charge in [0, 0.05) is 5.92 Å². The molecule has 0 radical (unpaired) electrons. The Morgan fingerprint density at radius 2 is 1.79 bits per heavy atom. The van der Waals surface area contributed by atoms with Gasteiger partial charge in [-0.1, -0.05) is 49.6 Å². The number of quaternary nitrogens is 1. The molecule has 1 aromatic rings. The van der Waals surface area contributed by atoms with Crippen LogP contribution in [0.5, 0.6) is 0 Å². The Labute approximate surface area is 145 Å². The first kappa shape index (κ1) is 18.9. The maximum absolute atomic E-state index is 12.8. The normalized spacial score (nSPS) is 18.3. The summed E-state index contributed by atoms with van der Waals surface area (Å²) in [5, 5.41) is 11.4. The van der Waals surface area contributed by atoms with Gasteiger partial charge in [-0.3, -0.25) is 0 Å². The summed E-state index contributed by atoms with van der Waals surface area (Å²) >= 11 is 0. The Morgan fingerprint density at radius 3 is 2.38 bits per heavy atom. The molecule has 0 bridgehead atoms. The van der Waals surface area contributed by atoms with Crippen LogP contribution in [0.15, 0.2) is 30.3 Å². The van der Waals surface area contributed by atoms with Crippen LogP contribution >= 0.6 is 0 Å². The highest BCUT2D eigenvalue weighted by molar-refractivity contribution is 5.81. The molecule has 134 valence electrons. The minimum absolute atomic E-state index is 0.0537. The van der Waals surface area contributed by atoms with Crippen LogP contribution in [0, 0.1) is 5.92 Å². The van der Waals surface area contributed by atoms with E-state index in [4.69, 9.17) is 4.74 Å². The first-order valence-corrected chi connectivity index (χ1v) is 9.41. The minimum Gasteiger partial charge on any atom is -0.457 e. The topological polar surface area (TPSA) is 51.0 Å². The molecule has 0 aliphatic heterocycles. The number of nitrogens with one attached hydrogen (secondary N) is 1. The monoisotopic (exact) mass is 334 g/mol. The largest absolute Gasteiger partial charge is 0.457 e. The molecule has 1 saturated carbocycles. The van der Waals surface area contributed by atoms with Crippen molar-refractivity contribution >= 4 is 5.97 Å². The van der Waals surface area contributed by atoms with Gasteiger partial charge >= 0.3 is 5.97 Å². The highest BCUT2D eigenvalue weighted by Crippen LogP contribution is 2.40. The lowest BCUT2D eigenvalue weighted by Gasteiger charge is -2.36. The minimum atomic E-state index is -1.51. The number of hydrogen-bond donors (Lipinski definition) is 2. The summed E-state index contributed by atoms with van der Waals surface area (Å²) in [4.78, 5) is 14.2. The predicted octanol–water partition coefficient (Wildman–Crippen LogP) is 1.92. The number of aliphatic hydroxyl groups is 1. The van der Waals surface area contributed by atoms with E-state index in [-0.39, 0.29) is 5.92 Å². The molecule has 4 heteroatoms. The van der Waals surface area contributed by atoms with Gasteiger partial charge in [-0.15, -0.1) is 0 Å². The fourth-order valence-corrected chi connectivity index (χ4v) is 3.73. The van der Waals surface area contributed by atoms with Crippen LogP contribution in [0.3, 0.4) is 0 Å². The van der Waals surface area contributed by atoms with Crippen LogP contribution in [0.1, 0.15) is 51.5 Å². The van der Waals surface area contributed by atoms with Gasteiger partial charge in [0.25, 0.3) is 0 Å². The summed E-state index contributed by atoms with van der Waals surface area (Å²) in [6.07, 6.45) is 5.07. The van der Waals surface area contributed by atoms with Crippen molar-refractivity contribution < 1.29 is 19.5 Å². The third-order valence-electron chi connectivity index (χ3n) is 5.41. The van der Waals surface area contributed by atoms with E-state index in [1.54, 1.807) is 0 Å². The lowest BCUT2D eigenvalue weighted by Crippen LogP contribution is -3.11. The summed E-state index contributed by atoms with van der Waals surface area (Å²) in [6.45, 7) is 7.43. The second kappa shape index (κ2) is 9.19. The van der Waals surface area contributed by atoms with Gasteiger partial charge in [-0.2, -0.15) is 0 Å². The zero-order chi connectivity index (χ0) is 17.4. The van der Waals surface area contributed by atoms with Gasteiger partial charge in [0.15, 0.2) is 5.60 Å². The molecule has 2 rings (SSSR count). The van der Waals surface area contributed by atoms with Crippen molar-refractivity contribution in [2.75, 3.05) is 26.2 Å². The van der Waals surface area contributed by atoms with Gasteiger partial charge in [0.05, 0.1) is 13.1 Å². The number of rotatable bonds is 8. The number of likely N-dealkylation sites (N-methyl/N-ethyl adjacent to an activating group) is 1. The van der Waals surface area contributed by atoms with Crippen molar-refractivity contribution in [2.45, 2.75) is 51.6 Å². The number of carbonyl (C=O) groups excluding carboxylic acids is 1. The molecule has 0 spiro atoms. The quantitative estimate of drug-likeness (QED) is 0.714. The number of ether oxygens (including phenoxy) is 1. The molecule has 1 aliphatic rings. The van der Waals surface area contributed by atoms with Crippen LogP contribution in [-0.2, 0) is 15.1 Å². The summed E-state index contributed by atoms with van der Waals surface area (Å²) in [5.41, 5.74) is -0.850. The molecule has 1 aliphatic carbocycles. The highest BCUT2D eigenvalue weighted by atomic mass is 16.5. The number of benzene rings is 1. The third-order valence-corrected chi connectivity index (χ3v) is 5.41. The van der Waals surface area contributed by atoms with E-state index in [1.165, 1.54) is 11.3 Å². The van der Waals surface area contributed by atoms with E-state index in [2.05, 4.69) is 13.8 Å². The molecule has 0 saturated heterocycles. The van der Waals surface area contributed by atoms with E-state index < -0.39 is 11.6 Å². The van der Waals surface area contributed by atoms with Crippen LogP contribution in [-0.4, -0.2) is 37.3 Å². The second-order valence-corrected chi connectivity index (χ2v) is 6.81. The number of carbonyl (C=O) groups is 1. The summed E-state index contributed by atoms with van der Waals surface area (Å²) < 4.78 is 5.54. The van der Waals surface area contributed by atoms with E-state index in [9.17, 15) is 9.90 Å². The highest BCUT2D eigenvalue weighted by Gasteiger charge is 2.47. The Hall–Kier alpha value is -1.39. The van der Waals surface area contributed by atoms with Gasteiger partial charge in [0.2, 0.25) is 0 Å². The van der Waals surface area contributed by atoms with Crippen molar-refractivity contribution in [2.24, 2.45) is 5.92 Å². The standard InChI is InChI=1S/C20H31NO3/c1-3-21(4-2)15-16-24-19(22)20(23,17-11-7-5-8-12-17)18-13-9-6-10-14-18/h5,7-8,11-12,18,23H,3-4,6,9-10,13-16H2,1-2H3/p+1/t20-/m0/s1. The second-order valence-electron chi connectivity index (χ2n) is 6.81. The molecule has 0 aromatic heterocycles. The van der Waals surface area contributed by atoms with Crippen molar-refractivity contribution in [1.29, 1.82) is 0 Å². The van der Waals surface area contributed by atoms with Crippen molar-refractivity contribution in [3.05, 3.63) is 35.9 Å². The van der Waals surface area contributed by atoms with Crippen molar-refractivity contribution in [1.82, 2.24) is 0 Å². The Morgan fingerprint density at radius 1 is 1.17 bits per heavy atom. The van der Waals surface area contributed by atoms with Gasteiger partial charge in [-0.25, -0.2) is 4.79 Å². The number of hydrogen-bond acceptors (Lipinski definition) is 3. The zero-order valence-electron chi connectivity index (χ0n) is 15.1. The van der Waals surface area contributed by atoms with Crippen LogP contribution in [0.25, 0.3) is 0 Å². The molecule has 1 aromatic carbocycles. The fraction of sp³-hybridized carbons (Fsp3) is 0.650. The van der Waals surface area contributed by atoms with Gasteiger partial charge < -0.3 is 14.7 Å². The van der Waals surface area contributed by atoms with Crippen LogP contribution < -0.4 is 4.90 Å². The maximum atomic E-state index is 12.8. The molecule has 0 amide bonds. The molecular weight excluding hydrogens is 302 g/mol. The molecular formula is C20H32NO3+. The molecule has 0 unspecified atom stereocenters. The van der Waals surface area contributed by atoms with Crippen molar-refractivity contribution in [3.63, 3.8) is 0 Å². The van der Waals surface area contributed by atoms with Crippen LogP contribution in [0.2, 0.25) is 0 Å². The summed E-state index contributed by atoms with van der Waals surface area (Å²) in [7, 11) is 0. The summed E-state index contributed by atoms with van der Waals surface area (Å²) in [6, 6.07) is 9.32. The summed E-state index contributed by atoms with van der Waals surface area (Å²) in [5.74, 6) is -0.533. The van der Waals surface area contributed by atoms with E-state index in [0.29, 0.717) is 12.2 Å².